The quantitative estimate of drug-likeness (QED) is 0.422. The SMILES string of the molecule is O=c1[nH]c2ccccc2c(=O)n1N=Cc1cc(Cl)c(OCc2ccccc2)c(Br)c1. The zero-order chi connectivity index (χ0) is 21.1. The number of hydrogen-bond donors (Lipinski definition) is 1. The van der Waals surface area contributed by atoms with E-state index in [1.54, 1.807) is 36.4 Å². The van der Waals surface area contributed by atoms with Crippen molar-refractivity contribution in [3.8, 4) is 5.75 Å². The van der Waals surface area contributed by atoms with Crippen LogP contribution < -0.4 is 16.0 Å². The highest BCUT2D eigenvalue weighted by Gasteiger charge is 2.10. The number of nitrogens with one attached hydrogen (secondary N) is 1. The Morgan fingerprint density at radius 1 is 1.07 bits per heavy atom. The molecule has 1 N–H and O–H groups in total. The van der Waals surface area contributed by atoms with E-state index < -0.39 is 11.2 Å². The summed E-state index contributed by atoms with van der Waals surface area (Å²) in [4.78, 5) is 27.4. The minimum Gasteiger partial charge on any atom is -0.486 e. The summed E-state index contributed by atoms with van der Waals surface area (Å²) in [5, 5.41) is 4.80. The second-order valence-electron chi connectivity index (χ2n) is 6.43. The fourth-order valence-corrected chi connectivity index (χ4v) is 3.89. The molecule has 1 aromatic heterocycles. The Morgan fingerprint density at radius 2 is 1.80 bits per heavy atom. The van der Waals surface area contributed by atoms with Crippen molar-refractivity contribution < 1.29 is 4.74 Å². The van der Waals surface area contributed by atoms with Gasteiger partial charge in [-0.3, -0.25) is 4.79 Å². The zero-order valence-electron chi connectivity index (χ0n) is 15.5. The lowest BCUT2D eigenvalue weighted by Crippen LogP contribution is -2.32. The summed E-state index contributed by atoms with van der Waals surface area (Å²) in [7, 11) is 0. The molecule has 0 amide bonds. The first-order valence-electron chi connectivity index (χ1n) is 8.97. The van der Waals surface area contributed by atoms with Crippen molar-refractivity contribution in [3.05, 3.63) is 108 Å². The molecule has 0 unspecified atom stereocenters. The number of aromatic amines is 1. The molecule has 4 aromatic rings. The van der Waals surface area contributed by atoms with Gasteiger partial charge in [-0.2, -0.15) is 5.10 Å². The normalized spacial score (nSPS) is 11.3. The third kappa shape index (κ3) is 4.22. The van der Waals surface area contributed by atoms with Crippen molar-refractivity contribution in [1.82, 2.24) is 9.66 Å². The van der Waals surface area contributed by atoms with Gasteiger partial charge in [-0.05, 0) is 51.3 Å². The summed E-state index contributed by atoms with van der Waals surface area (Å²) in [6.45, 7) is 0.369. The Balaban J connectivity index is 1.61. The van der Waals surface area contributed by atoms with Crippen LogP contribution in [0, 0.1) is 0 Å². The summed E-state index contributed by atoms with van der Waals surface area (Å²) < 4.78 is 7.24. The van der Waals surface area contributed by atoms with Crippen LogP contribution in [0.25, 0.3) is 10.9 Å². The van der Waals surface area contributed by atoms with Crippen molar-refractivity contribution in [2.45, 2.75) is 6.61 Å². The highest BCUT2D eigenvalue weighted by molar-refractivity contribution is 9.10. The van der Waals surface area contributed by atoms with Crippen LogP contribution in [0.4, 0.5) is 0 Å². The van der Waals surface area contributed by atoms with E-state index in [2.05, 4.69) is 26.0 Å². The number of benzene rings is 3. The molecule has 0 aliphatic heterocycles. The Hall–Kier alpha value is -3.16. The number of ether oxygens (including phenoxy) is 1. The van der Waals surface area contributed by atoms with Crippen LogP contribution in [0.15, 0.2) is 85.9 Å². The molecule has 0 spiro atoms. The van der Waals surface area contributed by atoms with E-state index in [9.17, 15) is 9.59 Å². The van der Waals surface area contributed by atoms with Crippen LogP contribution in [0.3, 0.4) is 0 Å². The van der Waals surface area contributed by atoms with Crippen LogP contribution in [0.2, 0.25) is 5.02 Å². The van der Waals surface area contributed by atoms with Gasteiger partial charge in [-0.1, -0.05) is 54.1 Å². The maximum atomic E-state index is 12.6. The number of nitrogens with zero attached hydrogens (tertiary/aromatic N) is 2. The molecule has 3 aromatic carbocycles. The number of H-pyrrole nitrogens is 1. The molecular weight excluding hydrogens is 470 g/mol. The molecule has 0 saturated carbocycles. The number of para-hydroxylation sites is 1. The topological polar surface area (TPSA) is 76.5 Å². The van der Waals surface area contributed by atoms with E-state index in [1.807, 2.05) is 30.3 Å². The van der Waals surface area contributed by atoms with E-state index in [0.29, 0.717) is 38.3 Å². The van der Waals surface area contributed by atoms with E-state index >= 15 is 0 Å². The summed E-state index contributed by atoms with van der Waals surface area (Å²) in [5.41, 5.74) is 0.950. The molecule has 4 rings (SSSR count). The van der Waals surface area contributed by atoms with Crippen LogP contribution in [-0.2, 0) is 6.61 Å². The average molecular weight is 485 g/mol. The molecule has 1 heterocycles. The van der Waals surface area contributed by atoms with Gasteiger partial charge in [0, 0.05) is 0 Å². The molecule has 0 radical (unpaired) electrons. The van der Waals surface area contributed by atoms with Crippen LogP contribution >= 0.6 is 27.5 Å². The van der Waals surface area contributed by atoms with Crippen molar-refractivity contribution in [2.24, 2.45) is 5.10 Å². The van der Waals surface area contributed by atoms with Crippen molar-refractivity contribution in [1.29, 1.82) is 0 Å². The molecule has 30 heavy (non-hydrogen) atoms. The molecule has 0 bridgehead atoms. The van der Waals surface area contributed by atoms with Crippen LogP contribution in [-0.4, -0.2) is 15.9 Å². The molecule has 0 saturated heterocycles. The van der Waals surface area contributed by atoms with Gasteiger partial charge in [0.15, 0.2) is 5.75 Å². The maximum absolute atomic E-state index is 12.6. The monoisotopic (exact) mass is 483 g/mol. The van der Waals surface area contributed by atoms with Gasteiger partial charge in [0.1, 0.15) is 6.61 Å². The van der Waals surface area contributed by atoms with Crippen molar-refractivity contribution in [3.63, 3.8) is 0 Å². The van der Waals surface area contributed by atoms with Gasteiger partial charge in [-0.15, -0.1) is 4.68 Å². The minimum absolute atomic E-state index is 0.369. The fourth-order valence-electron chi connectivity index (χ4n) is 2.90. The van der Waals surface area contributed by atoms with E-state index in [0.717, 1.165) is 10.2 Å². The summed E-state index contributed by atoms with van der Waals surface area (Å²) >= 11 is 9.82. The predicted octanol–water partition coefficient (Wildman–Crippen LogP) is 4.57. The molecule has 0 aliphatic rings. The molecular formula is C22H15BrClN3O3. The van der Waals surface area contributed by atoms with Gasteiger partial charge >= 0.3 is 5.69 Å². The van der Waals surface area contributed by atoms with Gasteiger partial charge in [0.05, 0.1) is 26.6 Å². The van der Waals surface area contributed by atoms with Gasteiger partial charge in [-0.25, -0.2) is 4.79 Å². The minimum atomic E-state index is -0.622. The summed E-state index contributed by atoms with van der Waals surface area (Å²) in [5.74, 6) is 0.499. The number of fused-ring (bicyclic) bond motifs is 1. The third-order valence-corrected chi connectivity index (χ3v) is 5.22. The highest BCUT2D eigenvalue weighted by atomic mass is 79.9. The Morgan fingerprint density at radius 3 is 2.57 bits per heavy atom. The first-order chi connectivity index (χ1) is 14.5. The lowest BCUT2D eigenvalue weighted by atomic mass is 10.2. The molecule has 0 fully saturated rings. The summed E-state index contributed by atoms with van der Waals surface area (Å²) in [6.07, 6.45) is 1.39. The van der Waals surface area contributed by atoms with Crippen LogP contribution in [0.1, 0.15) is 11.1 Å². The smallest absolute Gasteiger partial charge is 0.349 e. The van der Waals surface area contributed by atoms with Gasteiger partial charge in [0.2, 0.25) is 0 Å². The Kier molecular flexibility index (Phi) is 5.83. The molecule has 0 aliphatic carbocycles. The average Bonchev–Trinajstić information content (AvgIpc) is 2.74. The zero-order valence-corrected chi connectivity index (χ0v) is 17.9. The first kappa shape index (κ1) is 20.1. The maximum Gasteiger partial charge on any atom is 0.349 e. The molecule has 6 nitrogen and oxygen atoms in total. The van der Waals surface area contributed by atoms with E-state index in [-0.39, 0.29) is 0 Å². The van der Waals surface area contributed by atoms with Crippen molar-refractivity contribution >= 4 is 44.6 Å². The lowest BCUT2D eigenvalue weighted by molar-refractivity contribution is 0.304. The standard InChI is InChI=1S/C22H15BrClN3O3/c23-17-10-15(11-18(24)20(17)30-13-14-6-2-1-3-7-14)12-25-27-21(28)16-8-4-5-9-19(16)26-22(27)29/h1-12H,13H2,(H,26,29). The fraction of sp³-hybridized carbons (Fsp3) is 0.0455. The van der Waals surface area contributed by atoms with Gasteiger partial charge in [0.25, 0.3) is 5.56 Å². The largest absolute Gasteiger partial charge is 0.486 e. The lowest BCUT2D eigenvalue weighted by Gasteiger charge is -2.11. The molecule has 0 atom stereocenters. The van der Waals surface area contributed by atoms with E-state index in [1.165, 1.54) is 6.21 Å². The first-order valence-corrected chi connectivity index (χ1v) is 10.1. The number of hydrogen-bond acceptors (Lipinski definition) is 4. The number of aromatic nitrogens is 2. The Bertz CT molecular complexity index is 1340. The number of rotatable bonds is 5. The van der Waals surface area contributed by atoms with Crippen LogP contribution in [0.5, 0.6) is 5.75 Å². The second-order valence-corrected chi connectivity index (χ2v) is 7.69. The molecule has 150 valence electrons. The number of halogens is 2. The van der Waals surface area contributed by atoms with Crippen molar-refractivity contribution in [2.75, 3.05) is 0 Å². The highest BCUT2D eigenvalue weighted by Crippen LogP contribution is 2.34. The molecule has 8 heteroatoms. The second kappa shape index (κ2) is 8.69. The predicted molar refractivity (Wildman–Crippen MR) is 122 cm³/mol. The third-order valence-electron chi connectivity index (χ3n) is 4.35. The van der Waals surface area contributed by atoms with E-state index in [4.69, 9.17) is 16.3 Å². The summed E-state index contributed by atoms with van der Waals surface area (Å²) in [6, 6.07) is 19.9. The van der Waals surface area contributed by atoms with Gasteiger partial charge < -0.3 is 9.72 Å². The Labute approximate surface area is 184 Å².